The molecule has 0 saturated carbocycles. The van der Waals surface area contributed by atoms with Gasteiger partial charge >= 0.3 is 5.97 Å². The lowest BCUT2D eigenvalue weighted by atomic mass is 9.95. The second kappa shape index (κ2) is 3.76. The van der Waals surface area contributed by atoms with E-state index < -0.39 is 35.6 Å². The number of aliphatic carboxylic acids is 1. The van der Waals surface area contributed by atoms with E-state index in [1.54, 1.807) is 0 Å². The number of halogens is 3. The van der Waals surface area contributed by atoms with Gasteiger partial charge in [0.2, 0.25) is 12.1 Å². The highest BCUT2D eigenvalue weighted by atomic mass is 19.1. The Kier molecular flexibility index (Phi) is 2.53. The van der Waals surface area contributed by atoms with Gasteiger partial charge in [-0.3, -0.25) is 4.79 Å². The number of carboxylic acids is 1. The van der Waals surface area contributed by atoms with Crippen molar-refractivity contribution in [1.29, 1.82) is 0 Å². The number of carboxylic acid groups (broad SMARTS) is 1. The van der Waals surface area contributed by atoms with Crippen molar-refractivity contribution in [2.24, 2.45) is 0 Å². The minimum atomic E-state index is -2.54. The van der Waals surface area contributed by atoms with Crippen LogP contribution in [-0.2, 0) is 9.59 Å². The van der Waals surface area contributed by atoms with E-state index in [0.717, 1.165) is 6.07 Å². The molecule has 2 atom stereocenters. The van der Waals surface area contributed by atoms with Gasteiger partial charge in [0.25, 0.3) is 0 Å². The molecule has 0 aromatic heterocycles. The Morgan fingerprint density at radius 3 is 2.65 bits per heavy atom. The fourth-order valence-electron chi connectivity index (χ4n) is 1.75. The van der Waals surface area contributed by atoms with Crippen LogP contribution in [0.1, 0.15) is 11.5 Å². The predicted molar refractivity (Wildman–Crippen MR) is 50.3 cm³/mol. The molecule has 1 aliphatic heterocycles. The third kappa shape index (κ3) is 1.73. The highest BCUT2D eigenvalue weighted by molar-refractivity contribution is 6.05. The summed E-state index contributed by atoms with van der Waals surface area (Å²) in [5.74, 6) is -6.65. The summed E-state index contributed by atoms with van der Waals surface area (Å²) in [5.41, 5.74) is -0.687. The highest BCUT2D eigenvalue weighted by Gasteiger charge is 2.42. The summed E-state index contributed by atoms with van der Waals surface area (Å²) >= 11 is 0. The van der Waals surface area contributed by atoms with Crippen LogP contribution in [0.4, 0.5) is 18.9 Å². The highest BCUT2D eigenvalue weighted by Crippen LogP contribution is 2.38. The number of rotatable bonds is 2. The van der Waals surface area contributed by atoms with Crippen LogP contribution in [0.2, 0.25) is 0 Å². The van der Waals surface area contributed by atoms with Crippen LogP contribution < -0.4 is 5.32 Å². The van der Waals surface area contributed by atoms with E-state index in [2.05, 4.69) is 0 Å². The minimum Gasteiger partial charge on any atom is -0.479 e. The van der Waals surface area contributed by atoms with E-state index in [1.807, 2.05) is 5.32 Å². The Bertz CT molecular complexity index is 518. The van der Waals surface area contributed by atoms with Crippen LogP contribution in [-0.4, -0.2) is 23.2 Å². The third-order valence-corrected chi connectivity index (χ3v) is 2.48. The lowest BCUT2D eigenvalue weighted by Gasteiger charge is -2.10. The van der Waals surface area contributed by atoms with E-state index in [0.29, 0.717) is 6.07 Å². The molecular formula is C10H6F3NO3. The molecule has 1 aromatic carbocycles. The van der Waals surface area contributed by atoms with Gasteiger partial charge in [-0.25, -0.2) is 18.0 Å². The molecular weight excluding hydrogens is 239 g/mol. The third-order valence-electron chi connectivity index (χ3n) is 2.48. The Hall–Kier alpha value is -2.05. The van der Waals surface area contributed by atoms with Crippen molar-refractivity contribution in [1.82, 2.24) is 0 Å². The number of benzene rings is 1. The normalized spacial score (nSPS) is 19.7. The van der Waals surface area contributed by atoms with Crippen molar-refractivity contribution in [3.05, 3.63) is 29.3 Å². The summed E-state index contributed by atoms with van der Waals surface area (Å²) in [7, 11) is 0. The monoisotopic (exact) mass is 245 g/mol. The molecule has 1 aliphatic rings. The molecule has 0 radical (unpaired) electrons. The number of nitrogens with one attached hydrogen (secondary N) is 1. The molecule has 0 fully saturated rings. The zero-order valence-electron chi connectivity index (χ0n) is 8.21. The number of alkyl halides is 1. The Morgan fingerprint density at radius 2 is 2.06 bits per heavy atom. The summed E-state index contributed by atoms with van der Waals surface area (Å²) < 4.78 is 39.5. The van der Waals surface area contributed by atoms with Crippen LogP contribution in [0.3, 0.4) is 0 Å². The molecule has 2 N–H and O–H groups in total. The first-order chi connectivity index (χ1) is 7.91. The van der Waals surface area contributed by atoms with Gasteiger partial charge in [-0.2, -0.15) is 0 Å². The molecule has 0 aliphatic carbocycles. The average molecular weight is 245 g/mol. The van der Waals surface area contributed by atoms with Gasteiger partial charge in [0.15, 0.2) is 0 Å². The zero-order valence-corrected chi connectivity index (χ0v) is 8.21. The summed E-state index contributed by atoms with van der Waals surface area (Å²) in [6, 6.07) is 1.27. The van der Waals surface area contributed by atoms with Crippen molar-refractivity contribution in [3.8, 4) is 0 Å². The summed E-state index contributed by atoms with van der Waals surface area (Å²) in [6.45, 7) is 0. The van der Waals surface area contributed by atoms with E-state index >= 15 is 0 Å². The maximum Gasteiger partial charge on any atom is 0.339 e. The molecule has 1 heterocycles. The summed E-state index contributed by atoms with van der Waals surface area (Å²) in [4.78, 5) is 21.8. The molecule has 7 heteroatoms. The summed E-state index contributed by atoms with van der Waals surface area (Å²) in [5, 5.41) is 10.5. The number of carbonyl (C=O) groups excluding carboxylic acids is 1. The molecule has 2 rings (SSSR count). The number of hydrogen-bond donors (Lipinski definition) is 2. The van der Waals surface area contributed by atoms with Crippen molar-refractivity contribution < 1.29 is 27.9 Å². The second-order valence-corrected chi connectivity index (χ2v) is 3.56. The number of carbonyl (C=O) groups is 2. The number of amides is 1. The van der Waals surface area contributed by atoms with E-state index in [9.17, 15) is 22.8 Å². The largest absolute Gasteiger partial charge is 0.479 e. The molecule has 0 saturated heterocycles. The van der Waals surface area contributed by atoms with Crippen LogP contribution in [0.25, 0.3) is 0 Å². The van der Waals surface area contributed by atoms with Gasteiger partial charge in [0.1, 0.15) is 17.6 Å². The van der Waals surface area contributed by atoms with Gasteiger partial charge in [-0.05, 0) is 11.6 Å². The Balaban J connectivity index is 2.54. The van der Waals surface area contributed by atoms with Crippen LogP contribution in [0.15, 0.2) is 12.1 Å². The van der Waals surface area contributed by atoms with E-state index in [1.165, 1.54) is 0 Å². The second-order valence-electron chi connectivity index (χ2n) is 3.56. The first kappa shape index (κ1) is 11.4. The molecule has 0 spiro atoms. The standard InChI is InChI=1S/C10H6F3NO3/c11-3-1-4-6(7(13)10(16)17)9(15)14-8(4)5(12)2-3/h1-2,6-7H,(H,14,15)(H,16,17). The van der Waals surface area contributed by atoms with Crippen molar-refractivity contribution in [2.75, 3.05) is 5.32 Å². The summed E-state index contributed by atoms with van der Waals surface area (Å²) in [6.07, 6.45) is -2.54. The first-order valence-electron chi connectivity index (χ1n) is 4.58. The van der Waals surface area contributed by atoms with Gasteiger partial charge in [-0.15, -0.1) is 0 Å². The van der Waals surface area contributed by atoms with Crippen molar-refractivity contribution in [2.45, 2.75) is 12.1 Å². The van der Waals surface area contributed by atoms with Crippen LogP contribution >= 0.6 is 0 Å². The number of fused-ring (bicyclic) bond motifs is 1. The van der Waals surface area contributed by atoms with E-state index in [4.69, 9.17) is 5.11 Å². The van der Waals surface area contributed by atoms with E-state index in [-0.39, 0.29) is 11.3 Å². The SMILES string of the molecule is O=C(O)C(F)C1C(=O)Nc2c(F)cc(F)cc21. The van der Waals surface area contributed by atoms with Gasteiger partial charge in [-0.1, -0.05) is 0 Å². The molecule has 1 aromatic rings. The van der Waals surface area contributed by atoms with Gasteiger partial charge < -0.3 is 10.4 Å². The van der Waals surface area contributed by atoms with Gasteiger partial charge in [0.05, 0.1) is 5.69 Å². The fraction of sp³-hybridized carbons (Fsp3) is 0.200. The molecule has 2 unspecified atom stereocenters. The molecule has 4 nitrogen and oxygen atoms in total. The topological polar surface area (TPSA) is 66.4 Å². The fourth-order valence-corrected chi connectivity index (χ4v) is 1.75. The lowest BCUT2D eigenvalue weighted by molar-refractivity contribution is -0.145. The molecule has 17 heavy (non-hydrogen) atoms. The van der Waals surface area contributed by atoms with Crippen LogP contribution in [0, 0.1) is 11.6 Å². The molecule has 90 valence electrons. The van der Waals surface area contributed by atoms with Crippen molar-refractivity contribution in [3.63, 3.8) is 0 Å². The number of anilines is 1. The van der Waals surface area contributed by atoms with Crippen molar-refractivity contribution >= 4 is 17.6 Å². The molecule has 0 bridgehead atoms. The first-order valence-corrected chi connectivity index (χ1v) is 4.58. The maximum atomic E-state index is 13.3. The van der Waals surface area contributed by atoms with Crippen LogP contribution in [0.5, 0.6) is 0 Å². The lowest BCUT2D eigenvalue weighted by Crippen LogP contribution is -2.28. The molecule has 1 amide bonds. The minimum absolute atomic E-state index is 0.317. The predicted octanol–water partition coefficient (Wildman–Crippen LogP) is 1.42. The maximum absolute atomic E-state index is 13.3. The quantitative estimate of drug-likeness (QED) is 0.828. The van der Waals surface area contributed by atoms with Gasteiger partial charge in [0, 0.05) is 6.07 Å². The smallest absolute Gasteiger partial charge is 0.339 e. The average Bonchev–Trinajstić information content (AvgIpc) is 2.54. The zero-order chi connectivity index (χ0) is 12.7. The Labute approximate surface area is 93.0 Å². The number of hydrogen-bond acceptors (Lipinski definition) is 2. The Morgan fingerprint density at radius 1 is 1.41 bits per heavy atom.